The monoisotopic (exact) mass is 382 g/mol. The molecule has 1 N–H and O–H groups in total. The second-order valence-electron chi connectivity index (χ2n) is 6.38. The van der Waals surface area contributed by atoms with E-state index in [1.807, 2.05) is 42.7 Å². The summed E-state index contributed by atoms with van der Waals surface area (Å²) in [6, 6.07) is 7.23. The highest BCUT2D eigenvalue weighted by Crippen LogP contribution is 2.21. The van der Waals surface area contributed by atoms with Gasteiger partial charge in [-0.1, -0.05) is 12.1 Å². The molecular weight excluding hydrogens is 360 g/mol. The van der Waals surface area contributed by atoms with Gasteiger partial charge in [0.1, 0.15) is 0 Å². The Hall–Kier alpha value is -2.93. The van der Waals surface area contributed by atoms with E-state index in [1.54, 1.807) is 48.5 Å². The van der Waals surface area contributed by atoms with Gasteiger partial charge in [-0.05, 0) is 37.6 Å². The highest BCUT2D eigenvalue weighted by atomic mass is 32.1. The van der Waals surface area contributed by atoms with Crippen molar-refractivity contribution in [1.82, 2.24) is 19.6 Å². The van der Waals surface area contributed by atoms with Gasteiger partial charge in [0.2, 0.25) is 5.91 Å². The van der Waals surface area contributed by atoms with Crippen LogP contribution >= 0.6 is 11.3 Å². The van der Waals surface area contributed by atoms with Crippen molar-refractivity contribution in [3.63, 3.8) is 0 Å². The van der Waals surface area contributed by atoms with Crippen LogP contribution in [0.2, 0.25) is 0 Å². The molecule has 0 atom stereocenters. The van der Waals surface area contributed by atoms with Crippen molar-refractivity contribution in [3.8, 4) is 0 Å². The van der Waals surface area contributed by atoms with Gasteiger partial charge in [-0.3, -0.25) is 14.0 Å². The fourth-order valence-electron chi connectivity index (χ4n) is 2.82. The first kappa shape index (κ1) is 18.8. The van der Waals surface area contributed by atoms with Crippen LogP contribution in [0, 0.1) is 13.8 Å². The molecule has 1 aromatic carbocycles. The molecular formula is C20H22N4O2S. The second kappa shape index (κ2) is 7.75. The maximum absolute atomic E-state index is 12.5. The number of benzene rings is 1. The normalized spacial score (nSPS) is 11.3. The summed E-state index contributed by atoms with van der Waals surface area (Å²) < 4.78 is 2.01. The van der Waals surface area contributed by atoms with Crippen molar-refractivity contribution in [1.29, 1.82) is 0 Å². The summed E-state index contributed by atoms with van der Waals surface area (Å²) in [5.41, 5.74) is 3.38. The Bertz CT molecular complexity index is 1010. The molecule has 2 amide bonds. The molecule has 6 nitrogen and oxygen atoms in total. The van der Waals surface area contributed by atoms with E-state index in [0.717, 1.165) is 21.9 Å². The van der Waals surface area contributed by atoms with Crippen LogP contribution < -0.4 is 5.32 Å². The number of nitrogens with zero attached hydrogens (tertiary/aromatic N) is 3. The fourth-order valence-corrected chi connectivity index (χ4v) is 3.69. The van der Waals surface area contributed by atoms with E-state index in [0.29, 0.717) is 12.1 Å². The molecule has 140 valence electrons. The van der Waals surface area contributed by atoms with Crippen molar-refractivity contribution < 1.29 is 9.59 Å². The Morgan fingerprint density at radius 1 is 1.26 bits per heavy atom. The molecule has 2 aromatic heterocycles. The van der Waals surface area contributed by atoms with Crippen molar-refractivity contribution >= 4 is 34.2 Å². The van der Waals surface area contributed by atoms with Crippen molar-refractivity contribution in [2.45, 2.75) is 20.4 Å². The van der Waals surface area contributed by atoms with Gasteiger partial charge in [0.25, 0.3) is 5.91 Å². The quantitative estimate of drug-likeness (QED) is 0.690. The number of imidazole rings is 1. The molecule has 3 aromatic rings. The molecule has 3 rings (SSSR count). The lowest BCUT2D eigenvalue weighted by molar-refractivity contribution is -0.125. The standard InChI is InChI=1S/C20H22N4O2S/c1-13-11-24-17(14(2)22-20(24)27-13)9-10-18(25)23(4)12-15-5-7-16(8-6-15)19(26)21-3/h5-11H,12H2,1-4H3,(H,21,26)/b10-9+. The number of hydrogen-bond acceptors (Lipinski definition) is 4. The topological polar surface area (TPSA) is 66.7 Å². The third kappa shape index (κ3) is 4.09. The summed E-state index contributed by atoms with van der Waals surface area (Å²) in [4.78, 5) is 32.3. The van der Waals surface area contributed by atoms with Gasteiger partial charge in [0.05, 0.1) is 11.4 Å². The molecule has 0 aliphatic rings. The number of hydrogen-bond donors (Lipinski definition) is 1. The third-order valence-electron chi connectivity index (χ3n) is 4.29. The van der Waals surface area contributed by atoms with Crippen LogP contribution in [0.1, 0.15) is 32.2 Å². The van der Waals surface area contributed by atoms with E-state index < -0.39 is 0 Å². The third-order valence-corrected chi connectivity index (χ3v) is 5.18. The smallest absolute Gasteiger partial charge is 0.251 e. The van der Waals surface area contributed by atoms with Gasteiger partial charge < -0.3 is 10.2 Å². The van der Waals surface area contributed by atoms with Crippen LogP contribution in [-0.2, 0) is 11.3 Å². The number of fused-ring (bicyclic) bond motifs is 1. The summed E-state index contributed by atoms with van der Waals surface area (Å²) in [5, 5.41) is 2.59. The Labute approximate surface area is 162 Å². The molecule has 27 heavy (non-hydrogen) atoms. The zero-order chi connectivity index (χ0) is 19.6. The predicted molar refractivity (Wildman–Crippen MR) is 108 cm³/mol. The van der Waals surface area contributed by atoms with E-state index in [1.165, 1.54) is 4.88 Å². The minimum Gasteiger partial charge on any atom is -0.355 e. The molecule has 0 fully saturated rings. The Kier molecular flexibility index (Phi) is 5.41. The molecule has 0 radical (unpaired) electrons. The van der Waals surface area contributed by atoms with Crippen molar-refractivity contribution in [2.24, 2.45) is 0 Å². The zero-order valence-electron chi connectivity index (χ0n) is 15.8. The molecule has 0 spiro atoms. The largest absolute Gasteiger partial charge is 0.355 e. The molecule has 0 aliphatic heterocycles. The summed E-state index contributed by atoms with van der Waals surface area (Å²) >= 11 is 1.63. The number of carbonyl (C=O) groups is 2. The number of aryl methyl sites for hydroxylation is 2. The fraction of sp³-hybridized carbons (Fsp3) is 0.250. The van der Waals surface area contributed by atoms with Crippen LogP contribution in [-0.4, -0.2) is 40.2 Å². The highest BCUT2D eigenvalue weighted by molar-refractivity contribution is 7.17. The molecule has 0 aliphatic carbocycles. The molecule has 0 saturated carbocycles. The number of aromatic nitrogens is 2. The molecule has 0 bridgehead atoms. The Morgan fingerprint density at radius 2 is 1.96 bits per heavy atom. The number of likely N-dealkylation sites (N-methyl/N-ethyl adjacent to an activating group) is 1. The highest BCUT2D eigenvalue weighted by Gasteiger charge is 2.11. The molecule has 7 heteroatoms. The lowest BCUT2D eigenvalue weighted by atomic mass is 10.1. The lowest BCUT2D eigenvalue weighted by Crippen LogP contribution is -2.24. The van der Waals surface area contributed by atoms with Crippen LogP contribution in [0.25, 0.3) is 11.0 Å². The van der Waals surface area contributed by atoms with Gasteiger partial charge in [-0.2, -0.15) is 0 Å². The van der Waals surface area contributed by atoms with Crippen LogP contribution in [0.4, 0.5) is 0 Å². The van der Waals surface area contributed by atoms with E-state index >= 15 is 0 Å². The van der Waals surface area contributed by atoms with Crippen molar-refractivity contribution in [3.05, 3.63) is 63.9 Å². The lowest BCUT2D eigenvalue weighted by Gasteiger charge is -2.15. The molecule has 2 heterocycles. The molecule has 0 unspecified atom stereocenters. The van der Waals surface area contributed by atoms with E-state index in [2.05, 4.69) is 10.3 Å². The van der Waals surface area contributed by atoms with Gasteiger partial charge in [0.15, 0.2) is 4.96 Å². The van der Waals surface area contributed by atoms with Gasteiger partial charge in [-0.15, -0.1) is 11.3 Å². The summed E-state index contributed by atoms with van der Waals surface area (Å²) in [6.07, 6.45) is 5.42. The zero-order valence-corrected chi connectivity index (χ0v) is 16.6. The van der Waals surface area contributed by atoms with Gasteiger partial charge in [-0.25, -0.2) is 4.98 Å². The predicted octanol–water partition coefficient (Wildman–Crippen LogP) is 3.04. The van der Waals surface area contributed by atoms with Gasteiger partial charge >= 0.3 is 0 Å². The second-order valence-corrected chi connectivity index (χ2v) is 7.59. The number of amides is 2. The number of carbonyl (C=O) groups excluding carboxylic acids is 2. The summed E-state index contributed by atoms with van der Waals surface area (Å²) in [7, 11) is 3.36. The minimum absolute atomic E-state index is 0.0910. The van der Waals surface area contributed by atoms with E-state index in [-0.39, 0.29) is 11.8 Å². The van der Waals surface area contributed by atoms with E-state index in [9.17, 15) is 9.59 Å². The van der Waals surface area contributed by atoms with Crippen molar-refractivity contribution in [2.75, 3.05) is 14.1 Å². The van der Waals surface area contributed by atoms with Crippen LogP contribution in [0.5, 0.6) is 0 Å². The number of thiazole rings is 1. The first-order valence-electron chi connectivity index (χ1n) is 8.58. The average Bonchev–Trinajstić information content (AvgIpc) is 3.14. The molecule has 0 saturated heterocycles. The summed E-state index contributed by atoms with van der Waals surface area (Å²) in [5.74, 6) is -0.216. The van der Waals surface area contributed by atoms with Gasteiger partial charge in [0, 0.05) is 43.4 Å². The van der Waals surface area contributed by atoms with E-state index in [4.69, 9.17) is 0 Å². The number of rotatable bonds is 5. The first-order valence-corrected chi connectivity index (χ1v) is 9.40. The maximum atomic E-state index is 12.5. The summed E-state index contributed by atoms with van der Waals surface area (Å²) in [6.45, 7) is 4.45. The Balaban J connectivity index is 1.69. The average molecular weight is 382 g/mol. The first-order chi connectivity index (χ1) is 12.9. The maximum Gasteiger partial charge on any atom is 0.251 e. The Morgan fingerprint density at radius 3 is 2.63 bits per heavy atom. The van der Waals surface area contributed by atoms with Crippen LogP contribution in [0.3, 0.4) is 0 Å². The number of nitrogens with one attached hydrogen (secondary N) is 1. The SMILES string of the molecule is CNC(=O)c1ccc(CN(C)C(=O)/C=C/c2c(C)nc3sc(C)cn23)cc1. The minimum atomic E-state index is -0.125. The van der Waals surface area contributed by atoms with Crippen LogP contribution in [0.15, 0.2) is 36.5 Å².